The van der Waals surface area contributed by atoms with Crippen LogP contribution < -0.4 is 10.6 Å². The van der Waals surface area contributed by atoms with Crippen molar-refractivity contribution < 1.29 is 23.5 Å². The number of H-pyrrole nitrogens is 1. The van der Waals surface area contributed by atoms with Gasteiger partial charge in [0.1, 0.15) is 17.5 Å². The number of anilines is 3. The van der Waals surface area contributed by atoms with Crippen molar-refractivity contribution in [2.24, 2.45) is 0 Å². The van der Waals surface area contributed by atoms with Crippen LogP contribution in [0, 0.1) is 11.6 Å². The lowest BCUT2D eigenvalue weighted by Crippen LogP contribution is -2.29. The second-order valence-corrected chi connectivity index (χ2v) is 9.09. The minimum absolute atomic E-state index is 0.102. The maximum absolute atomic E-state index is 13.9. The molecule has 4 N–H and O–H groups in total. The predicted molar refractivity (Wildman–Crippen MR) is 141 cm³/mol. The van der Waals surface area contributed by atoms with Crippen LogP contribution >= 0.6 is 0 Å². The Balaban J connectivity index is 0.000000786. The van der Waals surface area contributed by atoms with E-state index in [9.17, 15) is 13.6 Å². The van der Waals surface area contributed by atoms with E-state index in [0.717, 1.165) is 45.0 Å². The van der Waals surface area contributed by atoms with Crippen molar-refractivity contribution in [1.82, 2.24) is 20.1 Å². The number of rotatable bonds is 5. The average Bonchev–Trinajstić information content (AvgIpc) is 3.28. The van der Waals surface area contributed by atoms with E-state index in [1.807, 2.05) is 24.3 Å². The Labute approximate surface area is 217 Å². The van der Waals surface area contributed by atoms with Crippen molar-refractivity contribution in [2.75, 3.05) is 30.8 Å². The fourth-order valence-corrected chi connectivity index (χ4v) is 4.23. The molecule has 38 heavy (non-hydrogen) atoms. The summed E-state index contributed by atoms with van der Waals surface area (Å²) < 4.78 is 27.0. The minimum Gasteiger partial charge on any atom is -0.481 e. The molecule has 1 aliphatic heterocycles. The van der Waals surface area contributed by atoms with Gasteiger partial charge in [-0.15, -0.1) is 0 Å². The van der Waals surface area contributed by atoms with Gasteiger partial charge >= 0.3 is 0 Å². The first kappa shape index (κ1) is 26.7. The lowest BCUT2D eigenvalue weighted by Gasteiger charge is -2.29. The fraction of sp³-hybridized carbons (Fsp3) is 0.259. The summed E-state index contributed by atoms with van der Waals surface area (Å²) in [4.78, 5) is 28.5. The molecule has 198 valence electrons. The van der Waals surface area contributed by atoms with Gasteiger partial charge in [0.05, 0.1) is 11.1 Å². The molecule has 11 heteroatoms. The molecule has 0 atom stereocenters. The monoisotopic (exact) mass is 522 g/mol. The Morgan fingerprint density at radius 1 is 1.05 bits per heavy atom. The van der Waals surface area contributed by atoms with Gasteiger partial charge in [-0.25, -0.2) is 13.8 Å². The third-order valence-electron chi connectivity index (χ3n) is 6.21. The van der Waals surface area contributed by atoms with Crippen LogP contribution in [-0.2, 0) is 4.79 Å². The van der Waals surface area contributed by atoms with E-state index in [2.05, 4.69) is 37.8 Å². The van der Waals surface area contributed by atoms with E-state index in [-0.39, 0.29) is 11.6 Å². The van der Waals surface area contributed by atoms with Gasteiger partial charge < -0.3 is 20.6 Å². The zero-order valence-electron chi connectivity index (χ0n) is 21.0. The van der Waals surface area contributed by atoms with Crippen molar-refractivity contribution in [1.29, 1.82) is 0 Å². The molecule has 2 aromatic carbocycles. The third kappa shape index (κ3) is 6.68. The first-order valence-corrected chi connectivity index (χ1v) is 12.1. The smallest absolute Gasteiger partial charge is 0.300 e. The van der Waals surface area contributed by atoms with Crippen LogP contribution in [0.15, 0.2) is 54.6 Å². The van der Waals surface area contributed by atoms with Gasteiger partial charge in [-0.1, -0.05) is 12.1 Å². The van der Waals surface area contributed by atoms with E-state index in [1.165, 1.54) is 11.6 Å². The SMILES string of the molecule is CC(=O)O.CN1CCC(c2ccc(C(=O)Nc3n[nH]c4nc(Nc5ccc(F)cc5F)ccc34)cc2)CC1. The highest BCUT2D eigenvalue weighted by atomic mass is 19.1. The zero-order chi connectivity index (χ0) is 27.2. The van der Waals surface area contributed by atoms with Gasteiger partial charge in [-0.2, -0.15) is 5.10 Å². The van der Waals surface area contributed by atoms with Gasteiger partial charge in [-0.3, -0.25) is 14.7 Å². The van der Waals surface area contributed by atoms with Crippen molar-refractivity contribution in [2.45, 2.75) is 25.7 Å². The maximum atomic E-state index is 13.9. The molecular formula is C27H28F2N6O3. The summed E-state index contributed by atoms with van der Waals surface area (Å²) >= 11 is 0. The first-order chi connectivity index (χ1) is 18.2. The highest BCUT2D eigenvalue weighted by Crippen LogP contribution is 2.28. The number of hydrogen-bond donors (Lipinski definition) is 4. The van der Waals surface area contributed by atoms with E-state index in [0.29, 0.717) is 34.2 Å². The van der Waals surface area contributed by atoms with E-state index < -0.39 is 17.6 Å². The number of piperidine rings is 1. The third-order valence-corrected chi connectivity index (χ3v) is 6.21. The van der Waals surface area contributed by atoms with Crippen molar-refractivity contribution >= 4 is 40.2 Å². The molecule has 4 aromatic rings. The molecule has 0 radical (unpaired) electrons. The number of nitrogens with one attached hydrogen (secondary N) is 3. The maximum Gasteiger partial charge on any atom is 0.300 e. The Hall–Kier alpha value is -4.38. The Morgan fingerprint density at radius 2 is 1.74 bits per heavy atom. The number of benzene rings is 2. The molecule has 2 aromatic heterocycles. The summed E-state index contributed by atoms with van der Waals surface area (Å²) in [5.41, 5.74) is 2.33. The number of likely N-dealkylation sites (tertiary alicyclic amines) is 1. The molecule has 0 saturated carbocycles. The first-order valence-electron chi connectivity index (χ1n) is 12.1. The summed E-state index contributed by atoms with van der Waals surface area (Å²) in [6.45, 7) is 3.26. The summed E-state index contributed by atoms with van der Waals surface area (Å²) in [6.07, 6.45) is 2.25. The van der Waals surface area contributed by atoms with Crippen LogP contribution in [0.3, 0.4) is 0 Å². The Kier molecular flexibility index (Phi) is 8.27. The van der Waals surface area contributed by atoms with E-state index in [4.69, 9.17) is 9.90 Å². The number of amides is 1. The van der Waals surface area contributed by atoms with Crippen LogP contribution in [0.4, 0.5) is 26.1 Å². The number of halogens is 2. The number of nitrogens with zero attached hydrogens (tertiary/aromatic N) is 3. The highest BCUT2D eigenvalue weighted by Gasteiger charge is 2.19. The number of carbonyl (C=O) groups excluding carboxylic acids is 1. The summed E-state index contributed by atoms with van der Waals surface area (Å²) in [6, 6.07) is 14.3. The molecule has 3 heterocycles. The number of hydrogen-bond acceptors (Lipinski definition) is 6. The van der Waals surface area contributed by atoms with Gasteiger partial charge in [-0.05, 0) is 80.9 Å². The Morgan fingerprint density at radius 3 is 2.39 bits per heavy atom. The number of pyridine rings is 1. The lowest BCUT2D eigenvalue weighted by molar-refractivity contribution is -0.134. The minimum atomic E-state index is -0.833. The standard InChI is InChI=1S/C25H24F2N6O.C2H4O2/c1-33-12-10-16(11-13-33)15-2-4-17(5-3-15)25(34)30-24-19-7-9-22(29-23(19)31-32-24)28-21-8-6-18(26)14-20(21)27;1-2(3)4/h2-9,14,16H,10-13H2,1H3,(H3,28,29,30,31,32,34);1H3,(H,3,4). The van der Waals surface area contributed by atoms with Crippen LogP contribution in [-0.4, -0.2) is 57.2 Å². The second kappa shape index (κ2) is 11.8. The second-order valence-electron chi connectivity index (χ2n) is 9.09. The van der Waals surface area contributed by atoms with Gasteiger partial charge in [0, 0.05) is 18.6 Å². The molecule has 0 unspecified atom stereocenters. The number of fused-ring (bicyclic) bond motifs is 1. The molecule has 0 aliphatic carbocycles. The summed E-state index contributed by atoms with van der Waals surface area (Å²) in [5.74, 6) is -1.24. The molecule has 9 nitrogen and oxygen atoms in total. The van der Waals surface area contributed by atoms with Gasteiger partial charge in [0.2, 0.25) is 0 Å². The summed E-state index contributed by atoms with van der Waals surface area (Å²) in [5, 5.41) is 20.6. The fourth-order valence-electron chi connectivity index (χ4n) is 4.23. The van der Waals surface area contributed by atoms with Crippen molar-refractivity contribution in [3.05, 3.63) is 77.4 Å². The largest absolute Gasteiger partial charge is 0.481 e. The molecular weight excluding hydrogens is 494 g/mol. The topological polar surface area (TPSA) is 123 Å². The van der Waals surface area contributed by atoms with E-state index >= 15 is 0 Å². The quantitative estimate of drug-likeness (QED) is 0.286. The lowest BCUT2D eigenvalue weighted by atomic mass is 9.89. The number of aliphatic carboxylic acids is 1. The molecule has 1 saturated heterocycles. The van der Waals surface area contributed by atoms with Gasteiger partial charge in [0.15, 0.2) is 11.5 Å². The normalized spacial score (nSPS) is 14.0. The summed E-state index contributed by atoms with van der Waals surface area (Å²) in [7, 11) is 2.14. The van der Waals surface area contributed by atoms with Crippen molar-refractivity contribution in [3.8, 4) is 0 Å². The zero-order valence-corrected chi connectivity index (χ0v) is 21.0. The molecule has 1 amide bonds. The van der Waals surface area contributed by atoms with Crippen LogP contribution in [0.25, 0.3) is 11.0 Å². The highest BCUT2D eigenvalue weighted by molar-refractivity contribution is 6.07. The molecule has 5 rings (SSSR count). The van der Waals surface area contributed by atoms with Crippen molar-refractivity contribution in [3.63, 3.8) is 0 Å². The number of aromatic nitrogens is 3. The molecule has 1 fully saturated rings. The van der Waals surface area contributed by atoms with E-state index in [1.54, 1.807) is 12.1 Å². The van der Waals surface area contributed by atoms with Crippen LogP contribution in [0.5, 0.6) is 0 Å². The van der Waals surface area contributed by atoms with Crippen LogP contribution in [0.2, 0.25) is 0 Å². The average molecular weight is 523 g/mol. The van der Waals surface area contributed by atoms with Crippen LogP contribution in [0.1, 0.15) is 41.6 Å². The molecule has 0 spiro atoms. The predicted octanol–water partition coefficient (Wildman–Crippen LogP) is 5.13. The number of carboxylic acid groups (broad SMARTS) is 1. The number of carboxylic acids is 1. The number of carbonyl (C=O) groups is 2. The molecule has 0 bridgehead atoms. The Bertz CT molecular complexity index is 1430. The van der Waals surface area contributed by atoms with Gasteiger partial charge in [0.25, 0.3) is 11.9 Å². The number of aromatic amines is 1. The molecule has 1 aliphatic rings.